The second-order valence-corrected chi connectivity index (χ2v) is 7.24. The molecule has 2 heterocycles. The van der Waals surface area contributed by atoms with Crippen LogP contribution in [0.1, 0.15) is 29.8 Å². The van der Waals surface area contributed by atoms with Crippen molar-refractivity contribution in [1.82, 2.24) is 14.0 Å². The minimum absolute atomic E-state index is 0.0547. The van der Waals surface area contributed by atoms with Gasteiger partial charge < -0.3 is 14.7 Å². The minimum atomic E-state index is -1.04. The van der Waals surface area contributed by atoms with E-state index in [0.717, 1.165) is 4.57 Å². The largest absolute Gasteiger partial charge is 0.491 e. The molecule has 1 aromatic heterocycles. The van der Waals surface area contributed by atoms with E-state index >= 15 is 0 Å². The standard InChI is InChI=1S/C20H25N3O5/c1-21-16(13-17(24)22(2)19(21)26)18(25)23-11-6-9-20(27,10-12-23)14-28-15-7-4-3-5-8-15/h3-5,7-8,13,27H,6,9-12,14H2,1-2H3/t20-/m0/s1. The maximum Gasteiger partial charge on any atom is 0.331 e. The van der Waals surface area contributed by atoms with E-state index in [1.807, 2.05) is 30.3 Å². The molecule has 0 aliphatic carbocycles. The SMILES string of the molecule is Cn1c(C(=O)N2CCC[C@@](O)(COc3ccccc3)CC2)cc(=O)n(C)c1=O. The van der Waals surface area contributed by atoms with Crippen LogP contribution in [-0.4, -0.2) is 50.3 Å². The quantitative estimate of drug-likeness (QED) is 0.826. The predicted octanol–water partition coefficient (Wildman–Crippen LogP) is 0.520. The molecule has 2 aromatic rings. The van der Waals surface area contributed by atoms with E-state index < -0.39 is 16.9 Å². The van der Waals surface area contributed by atoms with E-state index in [-0.39, 0.29) is 18.2 Å². The number of hydrogen-bond donors (Lipinski definition) is 1. The number of ether oxygens (including phenoxy) is 1. The van der Waals surface area contributed by atoms with Gasteiger partial charge in [-0.1, -0.05) is 18.2 Å². The predicted molar refractivity (Wildman–Crippen MR) is 104 cm³/mol. The van der Waals surface area contributed by atoms with Crippen molar-refractivity contribution in [3.8, 4) is 5.75 Å². The van der Waals surface area contributed by atoms with Gasteiger partial charge in [0.15, 0.2) is 0 Å². The number of nitrogens with zero attached hydrogens (tertiary/aromatic N) is 3. The molecule has 28 heavy (non-hydrogen) atoms. The molecule has 1 aliphatic rings. The van der Waals surface area contributed by atoms with Gasteiger partial charge in [-0.05, 0) is 31.4 Å². The molecule has 0 saturated carbocycles. The number of rotatable bonds is 4. The highest BCUT2D eigenvalue weighted by Gasteiger charge is 2.33. The minimum Gasteiger partial charge on any atom is -0.491 e. The second kappa shape index (κ2) is 8.02. The summed E-state index contributed by atoms with van der Waals surface area (Å²) < 4.78 is 7.84. The fraction of sp³-hybridized carbons (Fsp3) is 0.450. The van der Waals surface area contributed by atoms with Crippen molar-refractivity contribution < 1.29 is 14.6 Å². The first-order valence-electron chi connectivity index (χ1n) is 9.27. The molecule has 1 atom stereocenters. The third-order valence-corrected chi connectivity index (χ3v) is 5.20. The number of aromatic nitrogens is 2. The fourth-order valence-electron chi connectivity index (χ4n) is 3.36. The third kappa shape index (κ3) is 4.17. The van der Waals surface area contributed by atoms with E-state index in [0.29, 0.717) is 38.1 Å². The first-order valence-corrected chi connectivity index (χ1v) is 9.27. The van der Waals surface area contributed by atoms with Gasteiger partial charge in [0.25, 0.3) is 11.5 Å². The molecule has 0 unspecified atom stereocenters. The summed E-state index contributed by atoms with van der Waals surface area (Å²) >= 11 is 0. The van der Waals surface area contributed by atoms with E-state index in [2.05, 4.69) is 0 Å². The smallest absolute Gasteiger partial charge is 0.331 e. The van der Waals surface area contributed by atoms with Gasteiger partial charge in [-0.3, -0.25) is 18.7 Å². The van der Waals surface area contributed by atoms with Gasteiger partial charge in [0.2, 0.25) is 0 Å². The highest BCUT2D eigenvalue weighted by molar-refractivity contribution is 5.92. The average molecular weight is 387 g/mol. The van der Waals surface area contributed by atoms with Crippen LogP contribution in [-0.2, 0) is 14.1 Å². The summed E-state index contributed by atoms with van der Waals surface area (Å²) in [5.41, 5.74) is -2.05. The highest BCUT2D eigenvalue weighted by atomic mass is 16.5. The molecule has 1 N–H and O–H groups in total. The van der Waals surface area contributed by atoms with Crippen LogP contribution >= 0.6 is 0 Å². The Morgan fingerprint density at radius 2 is 1.82 bits per heavy atom. The van der Waals surface area contributed by atoms with Crippen LogP contribution in [0.4, 0.5) is 0 Å². The molecule has 1 amide bonds. The number of amides is 1. The van der Waals surface area contributed by atoms with E-state index in [9.17, 15) is 19.5 Å². The van der Waals surface area contributed by atoms with Crippen molar-refractivity contribution in [3.05, 3.63) is 62.9 Å². The summed E-state index contributed by atoms with van der Waals surface area (Å²) in [5, 5.41) is 10.9. The normalized spacial score (nSPS) is 19.9. The Balaban J connectivity index is 1.70. The van der Waals surface area contributed by atoms with Gasteiger partial charge in [0.05, 0.1) is 0 Å². The molecule has 150 valence electrons. The van der Waals surface area contributed by atoms with Crippen molar-refractivity contribution >= 4 is 5.91 Å². The van der Waals surface area contributed by atoms with E-state index in [1.165, 1.54) is 24.7 Å². The first kappa shape index (κ1) is 19.9. The molecule has 0 radical (unpaired) electrons. The monoisotopic (exact) mass is 387 g/mol. The summed E-state index contributed by atoms with van der Waals surface area (Å²) in [7, 11) is 2.84. The summed E-state index contributed by atoms with van der Waals surface area (Å²) in [6, 6.07) is 10.4. The zero-order chi connectivity index (χ0) is 20.3. The van der Waals surface area contributed by atoms with Crippen LogP contribution in [0.5, 0.6) is 5.75 Å². The van der Waals surface area contributed by atoms with Gasteiger partial charge >= 0.3 is 5.69 Å². The lowest BCUT2D eigenvalue weighted by Gasteiger charge is -2.27. The maximum absolute atomic E-state index is 12.9. The molecule has 8 heteroatoms. The maximum atomic E-state index is 12.9. The second-order valence-electron chi connectivity index (χ2n) is 7.24. The Labute approximate surface area is 162 Å². The summed E-state index contributed by atoms with van der Waals surface area (Å²) in [5.74, 6) is 0.300. The lowest BCUT2D eigenvalue weighted by Crippen LogP contribution is -2.43. The van der Waals surface area contributed by atoms with Crippen LogP contribution in [0.2, 0.25) is 0 Å². The average Bonchev–Trinajstić information content (AvgIpc) is 2.90. The van der Waals surface area contributed by atoms with Gasteiger partial charge in [-0.2, -0.15) is 0 Å². The zero-order valence-corrected chi connectivity index (χ0v) is 16.1. The zero-order valence-electron chi connectivity index (χ0n) is 16.1. The molecule has 8 nitrogen and oxygen atoms in total. The Kier molecular flexibility index (Phi) is 5.69. The Morgan fingerprint density at radius 3 is 2.54 bits per heavy atom. The van der Waals surface area contributed by atoms with Crippen molar-refractivity contribution in [2.45, 2.75) is 24.9 Å². The van der Waals surface area contributed by atoms with Gasteiger partial charge in [-0.25, -0.2) is 4.79 Å². The number of carbonyl (C=O) groups excluding carboxylic acids is 1. The topological polar surface area (TPSA) is 93.8 Å². The van der Waals surface area contributed by atoms with Crippen molar-refractivity contribution in [3.63, 3.8) is 0 Å². The number of para-hydroxylation sites is 1. The third-order valence-electron chi connectivity index (χ3n) is 5.20. The van der Waals surface area contributed by atoms with Crippen molar-refractivity contribution in [2.24, 2.45) is 14.1 Å². The molecular weight excluding hydrogens is 362 g/mol. The molecule has 0 spiro atoms. The lowest BCUT2D eigenvalue weighted by atomic mass is 9.96. The number of aliphatic hydroxyl groups is 1. The number of carbonyl (C=O) groups is 1. The van der Waals surface area contributed by atoms with Crippen LogP contribution in [0.25, 0.3) is 0 Å². The Morgan fingerprint density at radius 1 is 1.11 bits per heavy atom. The Bertz CT molecular complexity index is 966. The summed E-state index contributed by atoms with van der Waals surface area (Å²) in [6.45, 7) is 0.899. The molecule has 1 aromatic carbocycles. The fourth-order valence-corrected chi connectivity index (χ4v) is 3.36. The number of hydrogen-bond acceptors (Lipinski definition) is 5. The van der Waals surface area contributed by atoms with Crippen LogP contribution in [0.15, 0.2) is 46.0 Å². The van der Waals surface area contributed by atoms with Crippen LogP contribution in [0, 0.1) is 0 Å². The molecular formula is C20H25N3O5. The van der Waals surface area contributed by atoms with Gasteiger partial charge in [0.1, 0.15) is 23.7 Å². The molecule has 3 rings (SSSR count). The van der Waals surface area contributed by atoms with E-state index in [4.69, 9.17) is 4.74 Å². The van der Waals surface area contributed by atoms with Crippen molar-refractivity contribution in [1.29, 1.82) is 0 Å². The van der Waals surface area contributed by atoms with Gasteiger partial charge in [0, 0.05) is 33.3 Å². The molecule has 1 saturated heterocycles. The summed E-state index contributed by atoms with van der Waals surface area (Å²) in [6.07, 6.45) is 1.45. The lowest BCUT2D eigenvalue weighted by molar-refractivity contribution is -0.0163. The van der Waals surface area contributed by atoms with Gasteiger partial charge in [-0.15, -0.1) is 0 Å². The van der Waals surface area contributed by atoms with E-state index in [1.54, 1.807) is 4.90 Å². The highest BCUT2D eigenvalue weighted by Crippen LogP contribution is 2.24. The van der Waals surface area contributed by atoms with Crippen LogP contribution < -0.4 is 16.0 Å². The summed E-state index contributed by atoms with van der Waals surface area (Å²) in [4.78, 5) is 38.5. The van der Waals surface area contributed by atoms with Crippen LogP contribution in [0.3, 0.4) is 0 Å². The number of likely N-dealkylation sites (tertiary alicyclic amines) is 1. The van der Waals surface area contributed by atoms with Crippen molar-refractivity contribution in [2.75, 3.05) is 19.7 Å². The number of benzene rings is 1. The first-order chi connectivity index (χ1) is 13.3. The molecule has 1 aliphatic heterocycles. The Hall–Kier alpha value is -2.87. The molecule has 1 fully saturated rings. The molecule has 0 bridgehead atoms.